The van der Waals surface area contributed by atoms with E-state index in [2.05, 4.69) is 27.5 Å². The number of rotatable bonds is 6. The lowest BCUT2D eigenvalue weighted by molar-refractivity contribution is 0.122. The molecule has 8 heteroatoms. The Labute approximate surface area is 159 Å². The van der Waals surface area contributed by atoms with Gasteiger partial charge in [0.1, 0.15) is 11.7 Å². The molecule has 0 radical (unpaired) electrons. The topological polar surface area (TPSA) is 137 Å². The molecule has 142 valence electrons. The number of ether oxygens (including phenoxy) is 1. The second kappa shape index (κ2) is 8.47. The normalized spacial score (nSPS) is 15.6. The summed E-state index contributed by atoms with van der Waals surface area (Å²) in [4.78, 5) is 11.0. The van der Waals surface area contributed by atoms with E-state index in [0.717, 1.165) is 0 Å². The second-order valence-corrected chi connectivity index (χ2v) is 6.58. The maximum atomic E-state index is 9.70. The molecule has 2 rings (SSSR count). The molecule has 27 heavy (non-hydrogen) atoms. The zero-order chi connectivity index (χ0) is 20.0. The smallest absolute Gasteiger partial charge is 0.166 e. The molecular weight excluding hydrogens is 342 g/mol. The minimum atomic E-state index is -0.864. The number of amidine groups is 1. The van der Waals surface area contributed by atoms with Crippen LogP contribution in [0.4, 0.5) is 11.6 Å². The monoisotopic (exact) mass is 367 g/mol. The fourth-order valence-electron chi connectivity index (χ4n) is 2.73. The number of hydrogen-bond acceptors (Lipinski definition) is 7. The number of anilines is 1. The minimum absolute atomic E-state index is 0.123. The molecule has 1 aliphatic heterocycles. The van der Waals surface area contributed by atoms with E-state index in [1.165, 1.54) is 18.4 Å². The highest BCUT2D eigenvalue weighted by molar-refractivity contribution is 6.11. The van der Waals surface area contributed by atoms with Gasteiger partial charge in [-0.15, -0.1) is 0 Å². The molecule has 1 fully saturated rings. The summed E-state index contributed by atoms with van der Waals surface area (Å²) in [5, 5.41) is 18.0. The van der Waals surface area contributed by atoms with E-state index in [4.69, 9.17) is 21.6 Å². The molecule has 5 N–H and O–H groups in total. The molecule has 1 aromatic rings. The first-order chi connectivity index (χ1) is 12.8. The highest BCUT2D eigenvalue weighted by atomic mass is 16.5. The van der Waals surface area contributed by atoms with Crippen molar-refractivity contribution >= 4 is 23.2 Å². The van der Waals surface area contributed by atoms with E-state index < -0.39 is 5.41 Å². The largest absolute Gasteiger partial charge is 0.404 e. The van der Waals surface area contributed by atoms with Crippen molar-refractivity contribution in [2.24, 2.45) is 16.5 Å². The molecule has 0 spiro atoms. The molecule has 0 bridgehead atoms. The van der Waals surface area contributed by atoms with Crippen LogP contribution < -0.4 is 16.4 Å². The molecule has 0 aromatic carbocycles. The van der Waals surface area contributed by atoms with E-state index in [9.17, 15) is 5.26 Å². The third-order valence-electron chi connectivity index (χ3n) is 4.25. The van der Waals surface area contributed by atoms with Crippen LogP contribution in [0, 0.1) is 16.7 Å². The van der Waals surface area contributed by atoms with Crippen LogP contribution in [0.5, 0.6) is 0 Å². The summed E-state index contributed by atoms with van der Waals surface area (Å²) >= 11 is 0. The third kappa shape index (κ3) is 4.51. The van der Waals surface area contributed by atoms with Crippen molar-refractivity contribution in [1.29, 1.82) is 10.7 Å². The number of nitriles is 1. The number of morpholine rings is 1. The first-order valence-corrected chi connectivity index (χ1v) is 8.57. The van der Waals surface area contributed by atoms with E-state index in [1.807, 2.05) is 6.07 Å². The number of nitrogens with two attached hydrogens (primary N) is 2. The van der Waals surface area contributed by atoms with E-state index in [-0.39, 0.29) is 17.4 Å². The number of pyridine rings is 1. The van der Waals surface area contributed by atoms with Crippen molar-refractivity contribution in [2.75, 3.05) is 31.2 Å². The van der Waals surface area contributed by atoms with Crippen LogP contribution in [-0.4, -0.2) is 42.8 Å². The highest BCUT2D eigenvalue weighted by Crippen LogP contribution is 2.35. The van der Waals surface area contributed by atoms with Crippen LogP contribution in [0.2, 0.25) is 0 Å². The van der Waals surface area contributed by atoms with Crippen molar-refractivity contribution in [3.8, 4) is 6.07 Å². The first-order valence-electron chi connectivity index (χ1n) is 8.57. The van der Waals surface area contributed by atoms with Gasteiger partial charge in [-0.25, -0.2) is 9.98 Å². The fourth-order valence-corrected chi connectivity index (χ4v) is 2.73. The average Bonchev–Trinajstić information content (AvgIpc) is 2.67. The molecule has 0 atom stereocenters. The highest BCUT2D eigenvalue weighted by Gasteiger charge is 2.29. The number of nitrogens with one attached hydrogen (secondary N) is 1. The van der Waals surface area contributed by atoms with E-state index in [0.29, 0.717) is 43.2 Å². The van der Waals surface area contributed by atoms with Gasteiger partial charge in [-0.2, -0.15) is 5.26 Å². The number of allylic oxidation sites excluding steroid dienone is 1. The van der Waals surface area contributed by atoms with E-state index in [1.54, 1.807) is 13.8 Å². The van der Waals surface area contributed by atoms with Crippen LogP contribution in [0.1, 0.15) is 25.0 Å². The summed E-state index contributed by atoms with van der Waals surface area (Å²) in [6.45, 7) is 9.82. The summed E-state index contributed by atoms with van der Waals surface area (Å²) in [6, 6.07) is 4.14. The molecule has 2 heterocycles. The average molecular weight is 367 g/mol. The van der Waals surface area contributed by atoms with Gasteiger partial charge in [-0.1, -0.05) is 6.58 Å². The fraction of sp³-hybridized carbons (Fsp3) is 0.368. The van der Waals surface area contributed by atoms with Crippen molar-refractivity contribution in [3.05, 3.63) is 42.1 Å². The Morgan fingerprint density at radius 1 is 1.48 bits per heavy atom. The number of hydrogen-bond donors (Lipinski definition) is 3. The zero-order valence-electron chi connectivity index (χ0n) is 15.7. The Morgan fingerprint density at radius 3 is 2.70 bits per heavy atom. The van der Waals surface area contributed by atoms with Gasteiger partial charge in [-0.05, 0) is 43.8 Å². The van der Waals surface area contributed by atoms with Crippen LogP contribution in [-0.2, 0) is 10.2 Å². The maximum Gasteiger partial charge on any atom is 0.166 e. The van der Waals surface area contributed by atoms with Gasteiger partial charge >= 0.3 is 0 Å². The van der Waals surface area contributed by atoms with Gasteiger partial charge in [0.15, 0.2) is 5.82 Å². The molecule has 8 nitrogen and oxygen atoms in total. The van der Waals surface area contributed by atoms with E-state index >= 15 is 0 Å². The lowest BCUT2D eigenvalue weighted by atomic mass is 9.82. The zero-order valence-corrected chi connectivity index (χ0v) is 15.7. The van der Waals surface area contributed by atoms with Crippen molar-refractivity contribution in [1.82, 2.24) is 4.98 Å². The Morgan fingerprint density at radius 2 is 2.15 bits per heavy atom. The van der Waals surface area contributed by atoms with Crippen LogP contribution >= 0.6 is 0 Å². The summed E-state index contributed by atoms with van der Waals surface area (Å²) in [5.74, 6) is 1.08. The number of aliphatic imine (C=N–C) groups is 1. The first kappa shape index (κ1) is 20.1. The molecule has 0 saturated carbocycles. The summed E-state index contributed by atoms with van der Waals surface area (Å²) in [7, 11) is 0. The van der Waals surface area contributed by atoms with Crippen molar-refractivity contribution < 1.29 is 4.74 Å². The second-order valence-electron chi connectivity index (χ2n) is 6.58. The van der Waals surface area contributed by atoms with Gasteiger partial charge in [0, 0.05) is 18.7 Å². The predicted molar refractivity (Wildman–Crippen MR) is 108 cm³/mol. The standard InChI is InChI=1S/C19H25N7O/c1-4-14(22)17-13(19(2,3)12-21)11-16(26-7-9-27-10-8-26)25-18(17)24-15(23)5-6-20/h4-6,11,22H,1,7-10,20H2,2-3H3,(H2,23,24,25)/b6-5-,22-14?. The Hall–Kier alpha value is -3.18. The SMILES string of the molecule is C=CC(=N)c1c(C(C)(C)C#N)cc(N2CCOCC2)nc1/N=C(N)\C=C/N. The Balaban J connectivity index is 2.78. The summed E-state index contributed by atoms with van der Waals surface area (Å²) < 4.78 is 5.41. The third-order valence-corrected chi connectivity index (χ3v) is 4.25. The van der Waals surface area contributed by atoms with Gasteiger partial charge in [-0.3, -0.25) is 0 Å². The summed E-state index contributed by atoms with van der Waals surface area (Å²) in [5.41, 5.74) is 11.6. The molecule has 0 unspecified atom stereocenters. The molecule has 1 aromatic heterocycles. The number of aromatic nitrogens is 1. The van der Waals surface area contributed by atoms with Crippen LogP contribution in [0.25, 0.3) is 0 Å². The Kier molecular flexibility index (Phi) is 6.32. The molecule has 0 amide bonds. The maximum absolute atomic E-state index is 9.70. The molecule has 1 saturated heterocycles. The van der Waals surface area contributed by atoms with Crippen LogP contribution in [0.15, 0.2) is 36.0 Å². The minimum Gasteiger partial charge on any atom is -0.404 e. The Bertz CT molecular complexity index is 827. The van der Waals surface area contributed by atoms with Gasteiger partial charge in [0.2, 0.25) is 0 Å². The van der Waals surface area contributed by atoms with Crippen molar-refractivity contribution in [2.45, 2.75) is 19.3 Å². The van der Waals surface area contributed by atoms with Gasteiger partial charge < -0.3 is 26.5 Å². The number of nitrogens with zero attached hydrogens (tertiary/aromatic N) is 4. The quantitative estimate of drug-likeness (QED) is 0.517. The van der Waals surface area contributed by atoms with Gasteiger partial charge in [0.05, 0.1) is 30.4 Å². The molecule has 1 aliphatic rings. The summed E-state index contributed by atoms with van der Waals surface area (Å²) in [6.07, 6.45) is 4.12. The lowest BCUT2D eigenvalue weighted by Gasteiger charge is -2.30. The lowest BCUT2D eigenvalue weighted by Crippen LogP contribution is -2.37. The van der Waals surface area contributed by atoms with Crippen molar-refractivity contribution in [3.63, 3.8) is 0 Å². The predicted octanol–water partition coefficient (Wildman–Crippen LogP) is 1.73. The van der Waals surface area contributed by atoms with Gasteiger partial charge in [0.25, 0.3) is 0 Å². The molecular formula is C19H25N7O. The van der Waals surface area contributed by atoms with Crippen LogP contribution in [0.3, 0.4) is 0 Å². The molecule has 0 aliphatic carbocycles.